The van der Waals surface area contributed by atoms with Gasteiger partial charge in [0.25, 0.3) is 10.0 Å². The number of amides is 2. The predicted octanol–water partition coefficient (Wildman–Crippen LogP) is 6.66. The SMILES string of the molecule is CC[C@H](C)NC(=O)[C@@H](C)N(Cc1ccccc1Cl)C(=O)CN(c1ccc(Oc2ccccc2)cc1)S(=O)(=O)c1ccccc1. The van der Waals surface area contributed by atoms with Crippen molar-refractivity contribution in [3.05, 3.63) is 120 Å². The first-order chi connectivity index (χ1) is 21.1. The van der Waals surface area contributed by atoms with E-state index in [9.17, 15) is 18.0 Å². The van der Waals surface area contributed by atoms with E-state index in [1.54, 1.807) is 73.7 Å². The largest absolute Gasteiger partial charge is 0.457 e. The summed E-state index contributed by atoms with van der Waals surface area (Å²) in [7, 11) is -4.19. The Morgan fingerprint density at radius 1 is 0.818 bits per heavy atom. The van der Waals surface area contributed by atoms with Crippen molar-refractivity contribution in [2.75, 3.05) is 10.8 Å². The summed E-state index contributed by atoms with van der Waals surface area (Å²) in [6.45, 7) is 4.91. The lowest BCUT2D eigenvalue weighted by Crippen LogP contribution is -2.52. The van der Waals surface area contributed by atoms with Crippen molar-refractivity contribution in [3.63, 3.8) is 0 Å². The molecule has 0 saturated heterocycles. The second-order valence-electron chi connectivity index (χ2n) is 10.3. The molecule has 0 aliphatic heterocycles. The van der Waals surface area contributed by atoms with Crippen molar-refractivity contribution >= 4 is 39.1 Å². The van der Waals surface area contributed by atoms with Crippen molar-refractivity contribution in [1.82, 2.24) is 10.2 Å². The van der Waals surface area contributed by atoms with Crippen LogP contribution in [0.2, 0.25) is 5.02 Å². The molecule has 4 aromatic rings. The predicted molar refractivity (Wildman–Crippen MR) is 173 cm³/mol. The van der Waals surface area contributed by atoms with Crippen LogP contribution in [0, 0.1) is 0 Å². The number of nitrogens with one attached hydrogen (secondary N) is 1. The first kappa shape index (κ1) is 32.6. The van der Waals surface area contributed by atoms with E-state index in [0.29, 0.717) is 28.5 Å². The van der Waals surface area contributed by atoms with Gasteiger partial charge >= 0.3 is 0 Å². The minimum absolute atomic E-state index is 0.0106. The Kier molecular flexibility index (Phi) is 11.0. The fraction of sp³-hybridized carbons (Fsp3) is 0.235. The van der Waals surface area contributed by atoms with Gasteiger partial charge in [0, 0.05) is 17.6 Å². The third-order valence-corrected chi connectivity index (χ3v) is 9.34. The molecule has 0 radical (unpaired) electrons. The molecule has 0 heterocycles. The number of nitrogens with zero attached hydrogens (tertiary/aromatic N) is 2. The Morgan fingerprint density at radius 2 is 1.39 bits per heavy atom. The maximum absolute atomic E-state index is 14.1. The number of ether oxygens (including phenoxy) is 1. The summed E-state index contributed by atoms with van der Waals surface area (Å²) in [5.41, 5.74) is 0.891. The average molecular weight is 634 g/mol. The number of hydrogen-bond acceptors (Lipinski definition) is 5. The van der Waals surface area contributed by atoms with E-state index in [-0.39, 0.29) is 29.1 Å². The van der Waals surface area contributed by atoms with Crippen LogP contribution < -0.4 is 14.4 Å². The van der Waals surface area contributed by atoms with Crippen molar-refractivity contribution in [2.45, 2.75) is 50.7 Å². The Morgan fingerprint density at radius 3 is 2.00 bits per heavy atom. The van der Waals surface area contributed by atoms with Crippen molar-refractivity contribution in [2.24, 2.45) is 0 Å². The lowest BCUT2D eigenvalue weighted by Gasteiger charge is -2.32. The number of benzene rings is 4. The van der Waals surface area contributed by atoms with Crippen molar-refractivity contribution < 1.29 is 22.7 Å². The van der Waals surface area contributed by atoms with Gasteiger partial charge in [0.05, 0.1) is 10.6 Å². The lowest BCUT2D eigenvalue weighted by molar-refractivity contribution is -0.139. The van der Waals surface area contributed by atoms with Crippen molar-refractivity contribution in [3.8, 4) is 11.5 Å². The third kappa shape index (κ3) is 8.18. The molecule has 0 aromatic heterocycles. The molecule has 0 unspecified atom stereocenters. The van der Waals surface area contributed by atoms with Crippen LogP contribution in [0.4, 0.5) is 5.69 Å². The van der Waals surface area contributed by atoms with E-state index >= 15 is 0 Å². The van der Waals surface area contributed by atoms with E-state index in [1.807, 2.05) is 44.2 Å². The molecule has 2 atom stereocenters. The number of para-hydroxylation sites is 1. The molecule has 0 aliphatic carbocycles. The standard InChI is InChI=1S/C34H36ClN3O5S/c1-4-25(2)36-34(40)26(3)37(23-27-13-11-12-18-32(27)35)33(39)24-38(44(41,42)31-16-9-6-10-17-31)28-19-21-30(22-20-28)43-29-14-7-5-8-15-29/h5-22,25-26H,4,23-24H2,1-3H3,(H,36,40)/t25-,26+/m0/s1. The van der Waals surface area contributed by atoms with Gasteiger partial charge in [0.1, 0.15) is 24.1 Å². The summed E-state index contributed by atoms with van der Waals surface area (Å²) in [6.07, 6.45) is 0.712. The molecule has 0 aliphatic rings. The van der Waals surface area contributed by atoms with Crippen LogP contribution in [0.3, 0.4) is 0 Å². The molecule has 4 rings (SSSR count). The first-order valence-corrected chi connectivity index (χ1v) is 16.2. The number of sulfonamides is 1. The minimum Gasteiger partial charge on any atom is -0.457 e. The summed E-state index contributed by atoms with van der Waals surface area (Å²) in [5, 5.41) is 3.35. The third-order valence-electron chi connectivity index (χ3n) is 7.18. The van der Waals surface area contributed by atoms with E-state index in [1.165, 1.54) is 17.0 Å². The summed E-state index contributed by atoms with van der Waals surface area (Å²) >= 11 is 6.43. The Balaban J connectivity index is 1.70. The average Bonchev–Trinajstić information content (AvgIpc) is 3.04. The van der Waals surface area contributed by atoms with Crippen LogP contribution in [0.25, 0.3) is 0 Å². The smallest absolute Gasteiger partial charge is 0.264 e. The highest BCUT2D eigenvalue weighted by Gasteiger charge is 2.33. The Hall–Kier alpha value is -4.34. The number of anilines is 1. The lowest BCUT2D eigenvalue weighted by atomic mass is 10.1. The second kappa shape index (κ2) is 14.9. The molecular weight excluding hydrogens is 598 g/mol. The van der Waals surface area contributed by atoms with Gasteiger partial charge in [-0.3, -0.25) is 13.9 Å². The van der Waals surface area contributed by atoms with Crippen LogP contribution in [0.15, 0.2) is 114 Å². The zero-order valence-corrected chi connectivity index (χ0v) is 26.5. The molecule has 4 aromatic carbocycles. The fourth-order valence-electron chi connectivity index (χ4n) is 4.41. The molecule has 44 heavy (non-hydrogen) atoms. The molecule has 10 heteroatoms. The molecule has 8 nitrogen and oxygen atoms in total. The zero-order valence-electron chi connectivity index (χ0n) is 24.9. The van der Waals surface area contributed by atoms with E-state index in [4.69, 9.17) is 16.3 Å². The molecule has 0 spiro atoms. The van der Waals surface area contributed by atoms with Gasteiger partial charge in [-0.05, 0) is 80.4 Å². The van der Waals surface area contributed by atoms with Crippen LogP contribution in [-0.2, 0) is 26.2 Å². The van der Waals surface area contributed by atoms with Gasteiger partial charge in [-0.15, -0.1) is 0 Å². The highest BCUT2D eigenvalue weighted by molar-refractivity contribution is 7.92. The molecule has 0 saturated carbocycles. The second-order valence-corrected chi connectivity index (χ2v) is 12.6. The van der Waals surface area contributed by atoms with Gasteiger partial charge in [-0.2, -0.15) is 0 Å². The van der Waals surface area contributed by atoms with E-state index < -0.39 is 28.5 Å². The number of hydrogen-bond donors (Lipinski definition) is 1. The summed E-state index contributed by atoms with van der Waals surface area (Å²) in [6, 6.07) is 29.6. The van der Waals surface area contributed by atoms with Crippen LogP contribution in [-0.4, -0.2) is 43.8 Å². The first-order valence-electron chi connectivity index (χ1n) is 14.3. The number of rotatable bonds is 13. The Labute approximate surface area is 264 Å². The van der Waals surface area contributed by atoms with E-state index in [0.717, 1.165) is 4.31 Å². The molecule has 0 fully saturated rings. The maximum Gasteiger partial charge on any atom is 0.264 e. The molecule has 0 bridgehead atoms. The van der Waals surface area contributed by atoms with Gasteiger partial charge in [-0.1, -0.05) is 73.1 Å². The fourth-order valence-corrected chi connectivity index (χ4v) is 6.04. The number of halogens is 1. The monoisotopic (exact) mass is 633 g/mol. The summed E-state index contributed by atoms with van der Waals surface area (Å²) < 4.78 is 34.9. The van der Waals surface area contributed by atoms with Crippen LogP contribution in [0.1, 0.15) is 32.8 Å². The Bertz CT molecular complexity index is 1650. The normalized spacial score (nSPS) is 12.5. The van der Waals surface area contributed by atoms with Gasteiger partial charge in [0.2, 0.25) is 11.8 Å². The topological polar surface area (TPSA) is 96.0 Å². The highest BCUT2D eigenvalue weighted by atomic mass is 35.5. The molecular formula is C34H36ClN3O5S. The highest BCUT2D eigenvalue weighted by Crippen LogP contribution is 2.29. The number of carbonyl (C=O) groups is 2. The summed E-state index contributed by atoms with van der Waals surface area (Å²) in [4.78, 5) is 28.7. The quantitative estimate of drug-likeness (QED) is 0.178. The number of carbonyl (C=O) groups excluding carboxylic acids is 2. The molecule has 1 N–H and O–H groups in total. The molecule has 230 valence electrons. The van der Waals surface area contributed by atoms with E-state index in [2.05, 4.69) is 5.32 Å². The van der Waals surface area contributed by atoms with Crippen LogP contribution in [0.5, 0.6) is 11.5 Å². The summed E-state index contributed by atoms with van der Waals surface area (Å²) in [5.74, 6) is 0.212. The van der Waals surface area contributed by atoms with Crippen molar-refractivity contribution in [1.29, 1.82) is 0 Å². The minimum atomic E-state index is -4.19. The van der Waals surface area contributed by atoms with Crippen LogP contribution >= 0.6 is 11.6 Å². The van der Waals surface area contributed by atoms with Gasteiger partial charge < -0.3 is 15.0 Å². The van der Waals surface area contributed by atoms with Gasteiger partial charge in [0.15, 0.2) is 0 Å². The van der Waals surface area contributed by atoms with Gasteiger partial charge in [-0.25, -0.2) is 8.42 Å². The zero-order chi connectivity index (χ0) is 31.7. The molecule has 2 amide bonds. The maximum atomic E-state index is 14.1.